The number of aromatic nitrogens is 2. The minimum absolute atomic E-state index is 0.00356. The zero-order valence-corrected chi connectivity index (χ0v) is 17.8. The van der Waals surface area contributed by atoms with Crippen LogP contribution in [0.1, 0.15) is 11.6 Å². The van der Waals surface area contributed by atoms with Gasteiger partial charge in [-0.1, -0.05) is 12.1 Å². The first kappa shape index (κ1) is 24.2. The maximum atomic E-state index is 13.0. The van der Waals surface area contributed by atoms with Crippen LogP contribution in [-0.4, -0.2) is 52.8 Å². The van der Waals surface area contributed by atoms with Crippen LogP contribution in [-0.2, 0) is 23.9 Å². The van der Waals surface area contributed by atoms with E-state index in [2.05, 4.69) is 20.0 Å². The number of methoxy groups -OCH3 is 2. The van der Waals surface area contributed by atoms with Crippen LogP contribution in [0.4, 0.5) is 11.4 Å². The number of quaternary nitrogens is 1. The summed E-state index contributed by atoms with van der Waals surface area (Å²) in [5.41, 5.74) is -1.83. The number of carbonyl (C=O) groups excluding carboxylic acids is 4. The Balaban J connectivity index is 2.07. The molecule has 13 heteroatoms. The second-order valence-corrected chi connectivity index (χ2v) is 6.80. The van der Waals surface area contributed by atoms with Gasteiger partial charge in [0.15, 0.2) is 5.69 Å². The molecule has 1 amide bonds. The molecular weight excluding hydrogens is 452 g/mol. The van der Waals surface area contributed by atoms with Gasteiger partial charge in [-0.2, -0.15) is 5.23 Å². The number of H-pyrrole nitrogens is 1. The number of esters is 1. The van der Waals surface area contributed by atoms with Crippen molar-refractivity contribution in [3.63, 3.8) is 0 Å². The summed E-state index contributed by atoms with van der Waals surface area (Å²) in [6.07, 6.45) is 0. The predicted octanol–water partition coefficient (Wildman–Crippen LogP) is -0.631. The summed E-state index contributed by atoms with van der Waals surface area (Å²) in [6, 6.07) is 9.67. The van der Waals surface area contributed by atoms with E-state index in [4.69, 9.17) is 9.94 Å². The van der Waals surface area contributed by atoms with Gasteiger partial charge in [-0.25, -0.2) is 15.0 Å². The lowest BCUT2D eigenvalue weighted by Gasteiger charge is -2.15. The normalized spacial score (nSPS) is 12.5. The first-order chi connectivity index (χ1) is 16.2. The van der Waals surface area contributed by atoms with Crippen LogP contribution in [0.2, 0.25) is 0 Å². The summed E-state index contributed by atoms with van der Waals surface area (Å²) in [5.74, 6) is -7.70. The molecule has 2 aromatic carbocycles. The number of amides is 1. The molecule has 0 saturated carbocycles. The van der Waals surface area contributed by atoms with Crippen LogP contribution in [0.15, 0.2) is 47.3 Å². The standard InChI is InChI=1S/C21H18N4O9/c1-33-14-6-4-3-5-12(14)23-20(29)17(26)15(18(27)21(30)34-2)16-19(28)24-13-9-10(25(31)32)7-8-11(13)22-16/h3-9,15,25,31H,1-2H3,(H,23,29)(H,24,28). The van der Waals surface area contributed by atoms with Crippen molar-refractivity contribution in [3.8, 4) is 5.75 Å². The van der Waals surface area contributed by atoms with Gasteiger partial charge in [0.2, 0.25) is 5.78 Å². The number of para-hydroxylation sites is 2. The van der Waals surface area contributed by atoms with Gasteiger partial charge in [-0.3, -0.25) is 19.2 Å². The fraction of sp³-hybridized carbons (Fsp3) is 0.143. The van der Waals surface area contributed by atoms with Crippen molar-refractivity contribution in [3.05, 3.63) is 63.7 Å². The van der Waals surface area contributed by atoms with E-state index < -0.39 is 45.8 Å². The number of Topliss-reactive ketones (excluding diaryl/α,β-unsaturated/α-hetero) is 2. The van der Waals surface area contributed by atoms with Crippen molar-refractivity contribution in [1.29, 1.82) is 0 Å². The number of nitrogens with one attached hydrogen (secondary N) is 3. The topological polar surface area (TPSA) is 192 Å². The molecule has 13 nitrogen and oxygen atoms in total. The number of fused-ring (bicyclic) bond motifs is 1. The van der Waals surface area contributed by atoms with Crippen LogP contribution >= 0.6 is 0 Å². The summed E-state index contributed by atoms with van der Waals surface area (Å²) in [4.78, 5) is 69.2. The molecular formula is C21H18N4O9. The highest BCUT2D eigenvalue weighted by Gasteiger charge is 2.40. The lowest BCUT2D eigenvalue weighted by Crippen LogP contribution is -2.99. The Hall–Kier alpha value is -4.46. The first-order valence-electron chi connectivity index (χ1n) is 9.55. The Morgan fingerprint density at radius 3 is 2.47 bits per heavy atom. The number of nitrogens with zero attached hydrogens (tertiary/aromatic N) is 1. The third-order valence-electron chi connectivity index (χ3n) is 4.73. The molecule has 0 spiro atoms. The maximum absolute atomic E-state index is 13.0. The number of benzene rings is 2. The third-order valence-corrected chi connectivity index (χ3v) is 4.73. The lowest BCUT2D eigenvalue weighted by molar-refractivity contribution is -0.991. The summed E-state index contributed by atoms with van der Waals surface area (Å²) in [5, 5.41) is 21.3. The second kappa shape index (κ2) is 9.99. The van der Waals surface area contributed by atoms with Gasteiger partial charge in [-0.15, -0.1) is 0 Å². The van der Waals surface area contributed by atoms with Gasteiger partial charge in [-0.05, 0) is 18.2 Å². The highest BCUT2D eigenvalue weighted by atomic mass is 16.8. The number of anilines is 1. The van der Waals surface area contributed by atoms with Crippen molar-refractivity contribution in [1.82, 2.24) is 9.97 Å². The number of rotatable bonds is 8. The Bertz CT molecular complexity index is 1350. The number of hydrogen-bond donors (Lipinski definition) is 4. The quantitative estimate of drug-likeness (QED) is 0.143. The molecule has 0 radical (unpaired) electrons. The molecule has 0 aliphatic carbocycles. The monoisotopic (exact) mass is 470 g/mol. The van der Waals surface area contributed by atoms with Crippen molar-refractivity contribution in [2.45, 2.75) is 5.92 Å². The predicted molar refractivity (Wildman–Crippen MR) is 115 cm³/mol. The minimum atomic E-state index is -2.21. The average Bonchev–Trinajstić information content (AvgIpc) is 2.83. The van der Waals surface area contributed by atoms with Gasteiger partial charge < -0.3 is 25.0 Å². The molecule has 2 unspecified atom stereocenters. The summed E-state index contributed by atoms with van der Waals surface area (Å²) < 4.78 is 9.46. The molecule has 34 heavy (non-hydrogen) atoms. The summed E-state index contributed by atoms with van der Waals surface area (Å²) in [7, 11) is 2.23. The van der Waals surface area contributed by atoms with Crippen molar-refractivity contribution < 1.29 is 39.1 Å². The van der Waals surface area contributed by atoms with Crippen molar-refractivity contribution in [2.24, 2.45) is 0 Å². The van der Waals surface area contributed by atoms with E-state index in [1.54, 1.807) is 12.1 Å². The van der Waals surface area contributed by atoms with E-state index >= 15 is 0 Å². The maximum Gasteiger partial charge on any atom is 0.375 e. The molecule has 1 heterocycles. The number of carbonyl (C=O) groups is 4. The number of ether oxygens (including phenoxy) is 2. The van der Waals surface area contributed by atoms with Gasteiger partial charge in [0.1, 0.15) is 17.4 Å². The second-order valence-electron chi connectivity index (χ2n) is 6.80. The van der Waals surface area contributed by atoms with E-state index in [-0.39, 0.29) is 28.2 Å². The average molecular weight is 470 g/mol. The Kier molecular flexibility index (Phi) is 7.11. The largest absolute Gasteiger partial charge is 0.595 e. The molecule has 176 valence electrons. The molecule has 2 atom stereocenters. The fourth-order valence-corrected chi connectivity index (χ4v) is 3.08. The Morgan fingerprint density at radius 2 is 1.82 bits per heavy atom. The molecule has 0 aliphatic heterocycles. The van der Waals surface area contributed by atoms with E-state index in [1.807, 2.05) is 0 Å². The Morgan fingerprint density at radius 1 is 1.12 bits per heavy atom. The van der Waals surface area contributed by atoms with E-state index in [1.165, 1.54) is 31.4 Å². The minimum Gasteiger partial charge on any atom is -0.595 e. The highest BCUT2D eigenvalue weighted by Crippen LogP contribution is 2.24. The van der Waals surface area contributed by atoms with Gasteiger partial charge in [0, 0.05) is 12.1 Å². The number of ketones is 2. The highest BCUT2D eigenvalue weighted by molar-refractivity contribution is 6.52. The Labute approximate surface area is 190 Å². The molecule has 1 aromatic heterocycles. The third kappa shape index (κ3) is 4.80. The number of hydrogen-bond acceptors (Lipinski definition) is 10. The molecule has 0 aliphatic rings. The van der Waals surface area contributed by atoms with Crippen LogP contribution in [0.5, 0.6) is 5.75 Å². The smallest absolute Gasteiger partial charge is 0.375 e. The van der Waals surface area contributed by atoms with E-state index in [9.17, 15) is 29.2 Å². The zero-order chi connectivity index (χ0) is 25.0. The van der Waals surface area contributed by atoms with Gasteiger partial charge >= 0.3 is 5.97 Å². The first-order valence-corrected chi connectivity index (χ1v) is 9.55. The van der Waals surface area contributed by atoms with Crippen LogP contribution in [0.3, 0.4) is 0 Å². The van der Waals surface area contributed by atoms with E-state index in [0.717, 1.165) is 13.2 Å². The van der Waals surface area contributed by atoms with Crippen LogP contribution in [0.25, 0.3) is 11.0 Å². The summed E-state index contributed by atoms with van der Waals surface area (Å²) >= 11 is 0. The summed E-state index contributed by atoms with van der Waals surface area (Å²) in [6.45, 7) is 0. The van der Waals surface area contributed by atoms with Crippen LogP contribution in [0, 0.1) is 5.21 Å². The molecule has 3 aromatic rings. The molecule has 0 saturated heterocycles. The zero-order valence-electron chi connectivity index (χ0n) is 17.8. The lowest BCUT2D eigenvalue weighted by atomic mass is 9.94. The van der Waals surface area contributed by atoms with Gasteiger partial charge in [0.05, 0.1) is 30.9 Å². The molecule has 3 rings (SSSR count). The fourth-order valence-electron chi connectivity index (χ4n) is 3.08. The SMILES string of the molecule is COC(=O)C(=O)C(C(=O)C(=O)Nc1ccccc1OC)c1nc2ccc([NH+]([O-])O)cc2[nH]c1=O. The molecule has 4 N–H and O–H groups in total. The number of aromatic amines is 1. The van der Waals surface area contributed by atoms with Crippen molar-refractivity contribution in [2.75, 3.05) is 19.5 Å². The van der Waals surface area contributed by atoms with Crippen molar-refractivity contribution >= 4 is 45.9 Å². The van der Waals surface area contributed by atoms with E-state index in [0.29, 0.717) is 0 Å². The van der Waals surface area contributed by atoms with Crippen LogP contribution < -0.4 is 20.8 Å². The van der Waals surface area contributed by atoms with Gasteiger partial charge in [0.25, 0.3) is 17.2 Å². The molecule has 0 fully saturated rings. The molecule has 0 bridgehead atoms.